The number of ketones is 2. The van der Waals surface area contributed by atoms with Crippen LogP contribution in [0.5, 0.6) is 11.5 Å². The molecule has 0 saturated heterocycles. The number of carbonyl (C=O) groups is 2. The number of hydrogen-bond donors (Lipinski definition) is 2. The molecular weight excluding hydrogens is 320 g/mol. The van der Waals surface area contributed by atoms with Crippen LogP contribution in [0.4, 0.5) is 0 Å². The predicted molar refractivity (Wildman–Crippen MR) is 90.6 cm³/mol. The lowest BCUT2D eigenvalue weighted by atomic mass is 9.75. The minimum absolute atomic E-state index is 0.0298. The molecule has 1 unspecified atom stereocenters. The van der Waals surface area contributed by atoms with E-state index in [0.29, 0.717) is 24.2 Å². The Morgan fingerprint density at radius 2 is 1.84 bits per heavy atom. The lowest BCUT2D eigenvalue weighted by Gasteiger charge is -2.32. The summed E-state index contributed by atoms with van der Waals surface area (Å²) in [6.07, 6.45) is 1.34. The molecule has 0 saturated carbocycles. The first-order valence-corrected chi connectivity index (χ1v) is 8.20. The lowest BCUT2D eigenvalue weighted by molar-refractivity contribution is 0.0450. The van der Waals surface area contributed by atoms with Gasteiger partial charge in [-0.25, -0.2) is 0 Å². The number of methoxy groups -OCH3 is 1. The van der Waals surface area contributed by atoms with Gasteiger partial charge in [-0.15, -0.1) is 0 Å². The van der Waals surface area contributed by atoms with Crippen LogP contribution in [-0.2, 0) is 12.8 Å². The summed E-state index contributed by atoms with van der Waals surface area (Å²) in [6, 6.07) is 6.55. The molecule has 1 atom stereocenters. The van der Waals surface area contributed by atoms with E-state index in [1.165, 1.54) is 7.11 Å². The maximum absolute atomic E-state index is 13.0. The smallest absolute Gasteiger partial charge is 0.198 e. The molecule has 0 heterocycles. The van der Waals surface area contributed by atoms with Crippen LogP contribution in [0.25, 0.3) is 0 Å². The fraction of sp³-hybridized carbons (Fsp3) is 0.300. The van der Waals surface area contributed by atoms with Crippen LogP contribution in [0.2, 0.25) is 0 Å². The summed E-state index contributed by atoms with van der Waals surface area (Å²) in [5.41, 5.74) is 1.15. The van der Waals surface area contributed by atoms with E-state index in [1.807, 2.05) is 0 Å². The number of rotatable bonds is 1. The zero-order chi connectivity index (χ0) is 17.9. The lowest BCUT2D eigenvalue weighted by Crippen LogP contribution is -2.33. The highest BCUT2D eigenvalue weighted by Crippen LogP contribution is 2.42. The average molecular weight is 338 g/mol. The number of phenols is 1. The fourth-order valence-corrected chi connectivity index (χ4v) is 3.86. The fourth-order valence-electron chi connectivity index (χ4n) is 3.86. The Labute approximate surface area is 144 Å². The summed E-state index contributed by atoms with van der Waals surface area (Å²) in [5, 5.41) is 21.1. The topological polar surface area (TPSA) is 83.8 Å². The first-order chi connectivity index (χ1) is 11.8. The molecule has 0 bridgehead atoms. The van der Waals surface area contributed by atoms with E-state index in [0.717, 1.165) is 5.56 Å². The third-order valence-electron chi connectivity index (χ3n) is 5.18. The number of aryl methyl sites for hydroxylation is 1. The highest BCUT2D eigenvalue weighted by atomic mass is 16.5. The van der Waals surface area contributed by atoms with Crippen molar-refractivity contribution in [3.63, 3.8) is 0 Å². The number of ether oxygens (including phenoxy) is 1. The Kier molecular flexibility index (Phi) is 3.27. The number of benzene rings is 2. The molecule has 4 rings (SSSR count). The van der Waals surface area contributed by atoms with Gasteiger partial charge in [-0.1, -0.05) is 12.1 Å². The van der Waals surface area contributed by atoms with Gasteiger partial charge in [-0.05, 0) is 37.5 Å². The van der Waals surface area contributed by atoms with E-state index in [2.05, 4.69) is 0 Å². The Morgan fingerprint density at radius 1 is 1.12 bits per heavy atom. The van der Waals surface area contributed by atoms with Crippen molar-refractivity contribution in [2.75, 3.05) is 7.11 Å². The maximum Gasteiger partial charge on any atom is 0.198 e. The molecule has 5 heteroatoms. The van der Waals surface area contributed by atoms with Gasteiger partial charge in [0.25, 0.3) is 0 Å². The van der Waals surface area contributed by atoms with Gasteiger partial charge in [0, 0.05) is 23.1 Å². The molecule has 25 heavy (non-hydrogen) atoms. The Bertz CT molecular complexity index is 940. The summed E-state index contributed by atoms with van der Waals surface area (Å²) in [4.78, 5) is 26.0. The van der Waals surface area contributed by atoms with Gasteiger partial charge < -0.3 is 14.9 Å². The van der Waals surface area contributed by atoms with E-state index in [-0.39, 0.29) is 40.2 Å². The molecule has 2 aliphatic carbocycles. The van der Waals surface area contributed by atoms with Crippen LogP contribution in [0, 0.1) is 0 Å². The zero-order valence-corrected chi connectivity index (χ0v) is 14.0. The SMILES string of the molecule is COc1cccc2c1C(=O)c1cc3c(c(O)c1C2=O)CC(C)(O)CC3. The largest absolute Gasteiger partial charge is 0.507 e. The van der Waals surface area contributed by atoms with Gasteiger partial charge in [0.05, 0.1) is 23.8 Å². The van der Waals surface area contributed by atoms with Crippen molar-refractivity contribution in [1.29, 1.82) is 0 Å². The molecule has 0 fully saturated rings. The number of fused-ring (bicyclic) bond motifs is 3. The highest BCUT2D eigenvalue weighted by molar-refractivity contribution is 6.30. The van der Waals surface area contributed by atoms with Crippen LogP contribution in [0.15, 0.2) is 24.3 Å². The van der Waals surface area contributed by atoms with Gasteiger partial charge in [0.15, 0.2) is 11.6 Å². The normalized spacial score (nSPS) is 21.4. The van der Waals surface area contributed by atoms with Gasteiger partial charge in [-0.3, -0.25) is 9.59 Å². The Morgan fingerprint density at radius 3 is 2.56 bits per heavy atom. The molecule has 0 aliphatic heterocycles. The van der Waals surface area contributed by atoms with Crippen LogP contribution >= 0.6 is 0 Å². The van der Waals surface area contributed by atoms with Crippen molar-refractivity contribution in [3.05, 3.63) is 57.6 Å². The van der Waals surface area contributed by atoms with Crippen molar-refractivity contribution in [2.24, 2.45) is 0 Å². The number of aliphatic hydroxyl groups is 1. The summed E-state index contributed by atoms with van der Waals surface area (Å²) in [7, 11) is 1.45. The highest BCUT2D eigenvalue weighted by Gasteiger charge is 2.38. The van der Waals surface area contributed by atoms with Crippen molar-refractivity contribution < 1.29 is 24.5 Å². The van der Waals surface area contributed by atoms with E-state index in [4.69, 9.17) is 4.74 Å². The Hall–Kier alpha value is -2.66. The second-order valence-electron chi connectivity index (χ2n) is 7.00. The van der Waals surface area contributed by atoms with Crippen LogP contribution < -0.4 is 4.74 Å². The number of aromatic hydroxyl groups is 1. The van der Waals surface area contributed by atoms with Gasteiger partial charge >= 0.3 is 0 Å². The summed E-state index contributed by atoms with van der Waals surface area (Å²) in [5.74, 6) is -0.549. The molecule has 128 valence electrons. The van der Waals surface area contributed by atoms with Gasteiger partial charge in [-0.2, -0.15) is 0 Å². The summed E-state index contributed by atoms with van der Waals surface area (Å²) < 4.78 is 5.25. The van der Waals surface area contributed by atoms with E-state index >= 15 is 0 Å². The van der Waals surface area contributed by atoms with Crippen LogP contribution in [0.1, 0.15) is 56.3 Å². The molecular formula is C20H18O5. The molecule has 2 aromatic rings. The van der Waals surface area contributed by atoms with E-state index in [9.17, 15) is 19.8 Å². The van der Waals surface area contributed by atoms with Crippen LogP contribution in [-0.4, -0.2) is 34.5 Å². The summed E-state index contributed by atoms with van der Waals surface area (Å²) in [6.45, 7) is 1.71. The van der Waals surface area contributed by atoms with E-state index in [1.54, 1.807) is 31.2 Å². The average Bonchev–Trinajstić information content (AvgIpc) is 2.59. The third kappa shape index (κ3) is 2.19. The predicted octanol–water partition coefficient (Wildman–Crippen LogP) is 2.42. The minimum Gasteiger partial charge on any atom is -0.507 e. The van der Waals surface area contributed by atoms with Crippen molar-refractivity contribution in [3.8, 4) is 11.5 Å². The monoisotopic (exact) mass is 338 g/mol. The molecule has 0 spiro atoms. The van der Waals surface area contributed by atoms with E-state index < -0.39 is 11.4 Å². The van der Waals surface area contributed by atoms with Crippen LogP contribution in [0.3, 0.4) is 0 Å². The standard InChI is InChI=1S/C20H18O5/c1-20(24)7-6-10-8-12-16(19(23)13(10)9-20)17(21)11-4-3-5-14(25-2)15(11)18(12)22/h3-5,8,23-24H,6-7,9H2,1-2H3. The van der Waals surface area contributed by atoms with Crippen molar-refractivity contribution in [2.45, 2.75) is 31.8 Å². The second-order valence-corrected chi connectivity index (χ2v) is 7.00. The van der Waals surface area contributed by atoms with Gasteiger partial charge in [0.2, 0.25) is 0 Å². The van der Waals surface area contributed by atoms with Crippen molar-refractivity contribution in [1.82, 2.24) is 0 Å². The maximum atomic E-state index is 13.0. The molecule has 2 aromatic carbocycles. The number of hydrogen-bond acceptors (Lipinski definition) is 5. The molecule has 0 radical (unpaired) electrons. The second kappa shape index (κ2) is 5.17. The summed E-state index contributed by atoms with van der Waals surface area (Å²) >= 11 is 0. The molecule has 2 N–H and O–H groups in total. The molecule has 0 amide bonds. The third-order valence-corrected chi connectivity index (χ3v) is 5.18. The Balaban J connectivity index is 1.98. The number of carbonyl (C=O) groups excluding carboxylic acids is 2. The molecule has 5 nitrogen and oxygen atoms in total. The quantitative estimate of drug-likeness (QED) is 0.712. The first kappa shape index (κ1) is 15.8. The zero-order valence-electron chi connectivity index (χ0n) is 14.0. The first-order valence-electron chi connectivity index (χ1n) is 8.20. The van der Waals surface area contributed by atoms with Gasteiger partial charge in [0.1, 0.15) is 11.5 Å². The molecule has 0 aromatic heterocycles. The minimum atomic E-state index is -0.929. The molecule has 2 aliphatic rings. The van der Waals surface area contributed by atoms with Crippen molar-refractivity contribution >= 4 is 11.6 Å². The number of phenolic OH excluding ortho intramolecular Hbond substituents is 1.